The third-order valence-electron chi connectivity index (χ3n) is 5.09. The molecule has 30 heavy (non-hydrogen) atoms. The standard InChI is InChI=1S/C22H31FN4O2.HI/c1-24-22(26-14-15-28-20-6-4-2-3-5-7-20)25-13-12-19-16-29-21(27-19)17-8-10-18(23)11-9-17;/h8-11,16,20H,2-7,12-15H2,1H3,(H2,24,25,26);1H. The second-order valence-corrected chi connectivity index (χ2v) is 7.31. The van der Waals surface area contributed by atoms with Gasteiger partial charge in [0.2, 0.25) is 5.89 Å². The van der Waals surface area contributed by atoms with E-state index in [1.54, 1.807) is 25.4 Å². The third-order valence-corrected chi connectivity index (χ3v) is 5.09. The molecule has 6 nitrogen and oxygen atoms in total. The largest absolute Gasteiger partial charge is 0.444 e. The van der Waals surface area contributed by atoms with E-state index in [0.717, 1.165) is 23.8 Å². The molecule has 0 bridgehead atoms. The summed E-state index contributed by atoms with van der Waals surface area (Å²) in [5.41, 5.74) is 1.60. The number of nitrogens with zero attached hydrogens (tertiary/aromatic N) is 2. The van der Waals surface area contributed by atoms with Crippen LogP contribution in [0.3, 0.4) is 0 Å². The van der Waals surface area contributed by atoms with Gasteiger partial charge in [-0.05, 0) is 37.1 Å². The van der Waals surface area contributed by atoms with Crippen LogP contribution in [-0.4, -0.2) is 43.8 Å². The van der Waals surface area contributed by atoms with E-state index in [1.807, 2.05) is 0 Å². The van der Waals surface area contributed by atoms with Gasteiger partial charge in [0.1, 0.15) is 12.1 Å². The monoisotopic (exact) mass is 530 g/mol. The maximum absolute atomic E-state index is 13.0. The Bertz CT molecular complexity index is 759. The summed E-state index contributed by atoms with van der Waals surface area (Å²) in [5, 5.41) is 6.56. The maximum atomic E-state index is 13.0. The van der Waals surface area contributed by atoms with Crippen molar-refractivity contribution in [2.75, 3.05) is 26.7 Å². The molecule has 1 aromatic heterocycles. The summed E-state index contributed by atoms with van der Waals surface area (Å²) in [4.78, 5) is 8.70. The second kappa shape index (κ2) is 13.6. The summed E-state index contributed by atoms with van der Waals surface area (Å²) in [5.74, 6) is 0.970. The predicted molar refractivity (Wildman–Crippen MR) is 128 cm³/mol. The van der Waals surface area contributed by atoms with E-state index in [1.165, 1.54) is 50.7 Å². The average molecular weight is 530 g/mol. The number of ether oxygens (including phenoxy) is 1. The van der Waals surface area contributed by atoms with Crippen LogP contribution in [0.4, 0.5) is 4.39 Å². The highest BCUT2D eigenvalue weighted by Gasteiger charge is 2.12. The highest BCUT2D eigenvalue weighted by molar-refractivity contribution is 14.0. The zero-order valence-corrected chi connectivity index (χ0v) is 19.9. The van der Waals surface area contributed by atoms with E-state index in [9.17, 15) is 4.39 Å². The number of nitrogens with one attached hydrogen (secondary N) is 2. The maximum Gasteiger partial charge on any atom is 0.226 e. The van der Waals surface area contributed by atoms with Crippen molar-refractivity contribution < 1.29 is 13.5 Å². The normalized spacial score (nSPS) is 15.3. The van der Waals surface area contributed by atoms with Gasteiger partial charge in [-0.2, -0.15) is 0 Å². The van der Waals surface area contributed by atoms with Crippen LogP contribution in [0.5, 0.6) is 0 Å². The Labute approximate surface area is 195 Å². The molecule has 2 aromatic rings. The molecule has 0 saturated heterocycles. The lowest BCUT2D eigenvalue weighted by atomic mass is 10.1. The van der Waals surface area contributed by atoms with Crippen LogP contribution in [0.2, 0.25) is 0 Å². The Kier molecular flexibility index (Phi) is 11.1. The number of oxazole rings is 1. The van der Waals surface area contributed by atoms with Crippen molar-refractivity contribution in [3.8, 4) is 11.5 Å². The molecule has 1 saturated carbocycles. The first-order valence-electron chi connectivity index (χ1n) is 10.5. The molecule has 1 heterocycles. The van der Waals surface area contributed by atoms with Crippen molar-refractivity contribution in [3.05, 3.63) is 42.0 Å². The van der Waals surface area contributed by atoms with E-state index >= 15 is 0 Å². The van der Waals surface area contributed by atoms with Crippen LogP contribution in [-0.2, 0) is 11.2 Å². The highest BCUT2D eigenvalue weighted by atomic mass is 127. The Hall–Kier alpha value is -1.68. The molecule has 1 aliphatic rings. The zero-order valence-electron chi connectivity index (χ0n) is 17.5. The van der Waals surface area contributed by atoms with Crippen LogP contribution in [0.15, 0.2) is 39.9 Å². The molecule has 3 rings (SSSR count). The van der Waals surface area contributed by atoms with E-state index in [4.69, 9.17) is 9.15 Å². The number of aromatic nitrogens is 1. The van der Waals surface area contributed by atoms with Gasteiger partial charge in [0.25, 0.3) is 0 Å². The average Bonchev–Trinajstić information content (AvgIpc) is 3.05. The molecule has 1 aromatic carbocycles. The first kappa shape index (κ1) is 24.6. The Morgan fingerprint density at radius 1 is 1.13 bits per heavy atom. The van der Waals surface area contributed by atoms with Gasteiger partial charge < -0.3 is 19.8 Å². The number of halogens is 2. The number of aliphatic imine (C=N–C) groups is 1. The fourth-order valence-corrected chi connectivity index (χ4v) is 3.48. The van der Waals surface area contributed by atoms with E-state index in [-0.39, 0.29) is 29.8 Å². The molecule has 0 unspecified atom stereocenters. The van der Waals surface area contributed by atoms with Gasteiger partial charge in [-0.3, -0.25) is 4.99 Å². The molecule has 1 fully saturated rings. The first-order valence-corrected chi connectivity index (χ1v) is 10.5. The van der Waals surface area contributed by atoms with Gasteiger partial charge >= 0.3 is 0 Å². The van der Waals surface area contributed by atoms with Gasteiger partial charge in [-0.15, -0.1) is 24.0 Å². The van der Waals surface area contributed by atoms with E-state index in [0.29, 0.717) is 31.6 Å². The number of hydrogen-bond acceptors (Lipinski definition) is 4. The molecule has 166 valence electrons. The topological polar surface area (TPSA) is 71.7 Å². The van der Waals surface area contributed by atoms with Crippen LogP contribution in [0.1, 0.15) is 44.2 Å². The smallest absolute Gasteiger partial charge is 0.226 e. The number of hydrogen-bond donors (Lipinski definition) is 2. The second-order valence-electron chi connectivity index (χ2n) is 7.31. The van der Waals surface area contributed by atoms with Crippen LogP contribution < -0.4 is 10.6 Å². The zero-order chi connectivity index (χ0) is 20.3. The number of guanidine groups is 1. The molecule has 1 aliphatic carbocycles. The van der Waals surface area contributed by atoms with E-state index in [2.05, 4.69) is 20.6 Å². The van der Waals surface area contributed by atoms with Crippen molar-refractivity contribution in [2.45, 2.75) is 51.0 Å². The molecule has 0 aliphatic heterocycles. The van der Waals surface area contributed by atoms with Gasteiger partial charge in [0, 0.05) is 32.1 Å². The van der Waals surface area contributed by atoms with Crippen LogP contribution in [0.25, 0.3) is 11.5 Å². The predicted octanol–water partition coefficient (Wildman–Crippen LogP) is 4.55. The van der Waals surface area contributed by atoms with Crippen molar-refractivity contribution in [1.82, 2.24) is 15.6 Å². The highest BCUT2D eigenvalue weighted by Crippen LogP contribution is 2.20. The Morgan fingerprint density at radius 3 is 2.53 bits per heavy atom. The Morgan fingerprint density at radius 2 is 1.83 bits per heavy atom. The Balaban J connectivity index is 0.00000320. The number of benzene rings is 1. The fraction of sp³-hybridized carbons (Fsp3) is 0.545. The lowest BCUT2D eigenvalue weighted by Gasteiger charge is -2.16. The lowest BCUT2D eigenvalue weighted by Crippen LogP contribution is -2.40. The number of rotatable bonds is 8. The molecule has 0 radical (unpaired) electrons. The molecule has 0 spiro atoms. The summed E-state index contributed by atoms with van der Waals surface area (Å²) in [7, 11) is 1.75. The minimum absolute atomic E-state index is 0. The van der Waals surface area contributed by atoms with Crippen molar-refractivity contribution in [1.29, 1.82) is 0 Å². The molecule has 0 atom stereocenters. The fourth-order valence-electron chi connectivity index (χ4n) is 3.48. The van der Waals surface area contributed by atoms with Gasteiger partial charge in [0.05, 0.1) is 18.4 Å². The van der Waals surface area contributed by atoms with Crippen LogP contribution in [0, 0.1) is 5.82 Å². The van der Waals surface area contributed by atoms with Crippen molar-refractivity contribution >= 4 is 29.9 Å². The SMILES string of the molecule is CN=C(NCCOC1CCCCCC1)NCCc1coc(-c2ccc(F)cc2)n1.I. The molecular formula is C22H32FIN4O2. The minimum Gasteiger partial charge on any atom is -0.444 e. The lowest BCUT2D eigenvalue weighted by molar-refractivity contribution is 0.0468. The van der Waals surface area contributed by atoms with Crippen molar-refractivity contribution in [3.63, 3.8) is 0 Å². The molecular weight excluding hydrogens is 498 g/mol. The molecule has 8 heteroatoms. The molecule has 2 N–H and O–H groups in total. The first-order chi connectivity index (χ1) is 14.2. The van der Waals surface area contributed by atoms with E-state index < -0.39 is 0 Å². The summed E-state index contributed by atoms with van der Waals surface area (Å²) < 4.78 is 24.5. The summed E-state index contributed by atoms with van der Waals surface area (Å²) in [6.07, 6.45) is 10.4. The summed E-state index contributed by atoms with van der Waals surface area (Å²) >= 11 is 0. The van der Waals surface area contributed by atoms with Gasteiger partial charge in [-0.25, -0.2) is 9.37 Å². The van der Waals surface area contributed by atoms with Gasteiger partial charge in [0.15, 0.2) is 5.96 Å². The van der Waals surface area contributed by atoms with Crippen molar-refractivity contribution in [2.24, 2.45) is 4.99 Å². The summed E-state index contributed by atoms with van der Waals surface area (Å²) in [6.45, 7) is 2.10. The van der Waals surface area contributed by atoms with Gasteiger partial charge in [-0.1, -0.05) is 25.7 Å². The molecule has 0 amide bonds. The third kappa shape index (κ3) is 8.22. The quantitative estimate of drug-likeness (QED) is 0.172. The summed E-state index contributed by atoms with van der Waals surface area (Å²) in [6, 6.07) is 6.12. The minimum atomic E-state index is -0.275. The van der Waals surface area contributed by atoms with Crippen LogP contribution >= 0.6 is 24.0 Å².